The van der Waals surface area contributed by atoms with E-state index in [0.29, 0.717) is 31.5 Å². The van der Waals surface area contributed by atoms with E-state index in [-0.39, 0.29) is 29.8 Å². The van der Waals surface area contributed by atoms with Crippen LogP contribution >= 0.6 is 39.1 Å². The van der Waals surface area contributed by atoms with Crippen molar-refractivity contribution in [2.45, 2.75) is 69.0 Å². The van der Waals surface area contributed by atoms with Crippen LogP contribution in [0.2, 0.25) is 10.0 Å². The van der Waals surface area contributed by atoms with Gasteiger partial charge in [0.15, 0.2) is 0 Å². The highest BCUT2D eigenvalue weighted by Gasteiger charge is 2.35. The number of rotatable bonds is 13. The summed E-state index contributed by atoms with van der Waals surface area (Å²) in [6.45, 7) is 1.31. The molecular formula is C38H40BrCl2N3O5S. The van der Waals surface area contributed by atoms with Gasteiger partial charge in [0.1, 0.15) is 18.3 Å². The summed E-state index contributed by atoms with van der Waals surface area (Å²) >= 11 is 16.0. The lowest BCUT2D eigenvalue weighted by Gasteiger charge is -2.35. The fraction of sp³-hybridized carbons (Fsp3) is 0.316. The molecule has 1 N–H and O–H groups in total. The molecule has 5 rings (SSSR count). The van der Waals surface area contributed by atoms with Crippen LogP contribution in [0.25, 0.3) is 0 Å². The second kappa shape index (κ2) is 17.1. The van der Waals surface area contributed by atoms with Crippen LogP contribution in [0.3, 0.4) is 0 Å². The lowest BCUT2D eigenvalue weighted by atomic mass is 9.94. The molecule has 12 heteroatoms. The van der Waals surface area contributed by atoms with Crippen molar-refractivity contribution in [1.29, 1.82) is 0 Å². The van der Waals surface area contributed by atoms with Gasteiger partial charge in [0.25, 0.3) is 10.0 Å². The lowest BCUT2D eigenvalue weighted by Crippen LogP contribution is -2.55. The molecule has 0 bridgehead atoms. The Morgan fingerprint density at radius 2 is 1.60 bits per heavy atom. The van der Waals surface area contributed by atoms with Gasteiger partial charge >= 0.3 is 0 Å². The van der Waals surface area contributed by atoms with Crippen LogP contribution in [0.5, 0.6) is 5.75 Å². The second-order valence-corrected chi connectivity index (χ2v) is 16.0. The molecular weight excluding hydrogens is 761 g/mol. The Morgan fingerprint density at radius 3 is 2.24 bits per heavy atom. The quantitative estimate of drug-likeness (QED) is 0.147. The molecule has 2 amide bonds. The number of carbonyl (C=O) groups excluding carboxylic acids is 2. The average molecular weight is 802 g/mol. The molecule has 0 radical (unpaired) electrons. The van der Waals surface area contributed by atoms with Gasteiger partial charge in [0, 0.05) is 19.0 Å². The highest BCUT2D eigenvalue weighted by atomic mass is 79.9. The van der Waals surface area contributed by atoms with Crippen LogP contribution in [0.15, 0.2) is 100 Å². The van der Waals surface area contributed by atoms with Crippen molar-refractivity contribution in [2.24, 2.45) is 0 Å². The molecule has 0 spiro atoms. The predicted octanol–water partition coefficient (Wildman–Crippen LogP) is 8.36. The number of halogens is 3. The van der Waals surface area contributed by atoms with Crippen LogP contribution in [0.1, 0.15) is 48.8 Å². The Morgan fingerprint density at radius 1 is 0.900 bits per heavy atom. The summed E-state index contributed by atoms with van der Waals surface area (Å²) in [5.41, 5.74) is 2.72. The zero-order valence-electron chi connectivity index (χ0n) is 27.9. The minimum Gasteiger partial charge on any atom is -0.496 e. The molecule has 4 aromatic carbocycles. The van der Waals surface area contributed by atoms with Crippen molar-refractivity contribution in [3.63, 3.8) is 0 Å². The maximum atomic E-state index is 14.8. The number of aryl methyl sites for hydroxylation is 1. The molecule has 1 aliphatic carbocycles. The van der Waals surface area contributed by atoms with Crippen molar-refractivity contribution < 1.29 is 22.7 Å². The zero-order valence-corrected chi connectivity index (χ0v) is 31.9. The number of hydrogen-bond acceptors (Lipinski definition) is 5. The molecule has 0 heterocycles. The first-order valence-electron chi connectivity index (χ1n) is 16.5. The summed E-state index contributed by atoms with van der Waals surface area (Å²) in [5, 5.41) is 3.87. The van der Waals surface area contributed by atoms with E-state index in [9.17, 15) is 18.0 Å². The van der Waals surface area contributed by atoms with Crippen molar-refractivity contribution >= 4 is 66.7 Å². The van der Waals surface area contributed by atoms with Gasteiger partial charge in [-0.25, -0.2) is 8.42 Å². The van der Waals surface area contributed by atoms with Gasteiger partial charge in [-0.1, -0.05) is 96.6 Å². The third kappa shape index (κ3) is 9.40. The zero-order chi connectivity index (χ0) is 35.8. The molecule has 0 saturated heterocycles. The van der Waals surface area contributed by atoms with E-state index in [2.05, 4.69) is 21.2 Å². The Bertz CT molecular complexity index is 1910. The summed E-state index contributed by atoms with van der Waals surface area (Å²) in [6.07, 6.45) is 5.10. The fourth-order valence-electron chi connectivity index (χ4n) is 6.11. The number of methoxy groups -OCH3 is 1. The van der Waals surface area contributed by atoms with E-state index >= 15 is 0 Å². The highest BCUT2D eigenvalue weighted by Crippen LogP contribution is 2.32. The summed E-state index contributed by atoms with van der Waals surface area (Å²) in [5.74, 6) is -0.395. The second-order valence-electron chi connectivity index (χ2n) is 12.5. The lowest BCUT2D eigenvalue weighted by molar-refractivity contribution is -0.140. The number of nitrogens with zero attached hydrogens (tertiary/aromatic N) is 2. The van der Waals surface area contributed by atoms with Gasteiger partial charge in [-0.05, 0) is 89.3 Å². The van der Waals surface area contributed by atoms with E-state index in [4.69, 9.17) is 27.9 Å². The number of carbonyl (C=O) groups is 2. The van der Waals surface area contributed by atoms with Crippen molar-refractivity contribution in [2.75, 3.05) is 18.0 Å². The van der Waals surface area contributed by atoms with Crippen molar-refractivity contribution in [1.82, 2.24) is 10.2 Å². The van der Waals surface area contributed by atoms with Crippen LogP contribution in [0.4, 0.5) is 5.69 Å². The molecule has 0 unspecified atom stereocenters. The summed E-state index contributed by atoms with van der Waals surface area (Å²) in [6, 6.07) is 24.9. The molecule has 1 atom stereocenters. The SMILES string of the molecule is COc1ccc(S(=O)(=O)N(CC(=O)N(Cc2ccc(Cl)c(Cl)c2)[C@@H](Cc2ccccc2)C(=O)NC2CCCCC2)c2ccc(C)cc2)cc1Br. The van der Waals surface area contributed by atoms with Crippen LogP contribution in [-0.2, 0) is 32.6 Å². The number of sulfonamides is 1. The molecule has 4 aromatic rings. The molecule has 264 valence electrons. The van der Waals surface area contributed by atoms with Crippen LogP contribution in [-0.4, -0.2) is 50.9 Å². The molecule has 8 nitrogen and oxygen atoms in total. The maximum Gasteiger partial charge on any atom is 0.264 e. The molecule has 1 aliphatic rings. The van der Waals surface area contributed by atoms with Crippen LogP contribution in [0, 0.1) is 6.92 Å². The number of ether oxygens (including phenoxy) is 1. The van der Waals surface area contributed by atoms with Gasteiger partial charge in [0.2, 0.25) is 11.8 Å². The molecule has 50 heavy (non-hydrogen) atoms. The van der Waals surface area contributed by atoms with Gasteiger partial charge in [-0.15, -0.1) is 0 Å². The topological polar surface area (TPSA) is 96.0 Å². The van der Waals surface area contributed by atoms with Crippen molar-refractivity contribution in [3.8, 4) is 5.75 Å². The number of benzene rings is 4. The van der Waals surface area contributed by atoms with E-state index in [1.54, 1.807) is 48.5 Å². The molecule has 1 saturated carbocycles. The number of amides is 2. The van der Waals surface area contributed by atoms with Gasteiger partial charge < -0.3 is 15.0 Å². The summed E-state index contributed by atoms with van der Waals surface area (Å²) in [7, 11) is -2.80. The van der Waals surface area contributed by atoms with E-state index in [1.807, 2.05) is 37.3 Å². The van der Waals surface area contributed by atoms with Gasteiger partial charge in [0.05, 0.1) is 32.2 Å². The Hall–Kier alpha value is -3.57. The van der Waals surface area contributed by atoms with Gasteiger partial charge in [-0.2, -0.15) is 0 Å². The predicted molar refractivity (Wildman–Crippen MR) is 202 cm³/mol. The fourth-order valence-corrected chi connectivity index (χ4v) is 8.56. The van der Waals surface area contributed by atoms with E-state index < -0.39 is 28.5 Å². The monoisotopic (exact) mass is 799 g/mol. The Balaban J connectivity index is 1.58. The number of anilines is 1. The Kier molecular flexibility index (Phi) is 12.9. The Labute approximate surface area is 312 Å². The summed E-state index contributed by atoms with van der Waals surface area (Å²) < 4.78 is 35.7. The standard InChI is InChI=1S/C38H40BrCl2N3O5S/c1-26-13-16-30(17-14-26)44(50(47,48)31-18-20-36(49-2)32(39)23-31)25-37(45)43(24-28-15-19-33(40)34(41)21-28)35(22-27-9-5-3-6-10-27)38(46)42-29-11-7-4-8-12-29/h3,5-6,9-10,13-21,23,29,35H,4,7-8,11-12,22,24-25H2,1-2H3,(H,42,46)/t35-/m0/s1. The highest BCUT2D eigenvalue weighted by molar-refractivity contribution is 9.10. The average Bonchev–Trinajstić information content (AvgIpc) is 3.11. The first kappa shape index (κ1) is 37.7. The van der Waals surface area contributed by atoms with Crippen LogP contribution < -0.4 is 14.4 Å². The van der Waals surface area contributed by atoms with Gasteiger partial charge in [-0.3, -0.25) is 13.9 Å². The largest absolute Gasteiger partial charge is 0.496 e. The number of hydrogen-bond donors (Lipinski definition) is 1. The van der Waals surface area contributed by atoms with E-state index in [0.717, 1.165) is 47.5 Å². The molecule has 0 aromatic heterocycles. The first-order chi connectivity index (χ1) is 24.0. The minimum atomic E-state index is -4.29. The third-order valence-corrected chi connectivity index (χ3v) is 12.0. The van der Waals surface area contributed by atoms with E-state index in [1.165, 1.54) is 24.1 Å². The smallest absolute Gasteiger partial charge is 0.264 e. The number of nitrogens with one attached hydrogen (secondary N) is 1. The summed E-state index contributed by atoms with van der Waals surface area (Å²) in [4.78, 5) is 30.5. The third-order valence-electron chi connectivity index (χ3n) is 8.87. The molecule has 1 fully saturated rings. The minimum absolute atomic E-state index is 0.00518. The maximum absolute atomic E-state index is 14.8. The molecule has 0 aliphatic heterocycles. The normalized spacial score (nSPS) is 14.1. The van der Waals surface area contributed by atoms with Crippen molar-refractivity contribution in [3.05, 3.63) is 122 Å². The first-order valence-corrected chi connectivity index (χ1v) is 19.5.